The monoisotopic (exact) mass is 416 g/mol. The third-order valence-corrected chi connectivity index (χ3v) is 4.99. The SMILES string of the molecule is O=c1nc(OCc2ccc(F)c(F)c2)cc2n1CC1CN(CC(F)(F)F)CCN21. The van der Waals surface area contributed by atoms with Crippen LogP contribution in [-0.4, -0.2) is 52.8 Å². The molecule has 156 valence electrons. The quantitative estimate of drug-likeness (QED) is 0.716. The summed E-state index contributed by atoms with van der Waals surface area (Å²) in [5.41, 5.74) is -0.204. The number of piperazine rings is 1. The number of anilines is 1. The van der Waals surface area contributed by atoms with Gasteiger partial charge in [-0.25, -0.2) is 13.6 Å². The Bertz CT molecular complexity index is 978. The first-order valence-electron chi connectivity index (χ1n) is 8.94. The Kier molecular flexibility index (Phi) is 4.93. The molecule has 6 nitrogen and oxygen atoms in total. The van der Waals surface area contributed by atoms with Crippen LogP contribution in [-0.2, 0) is 13.2 Å². The Morgan fingerprint density at radius 3 is 2.62 bits per heavy atom. The Morgan fingerprint density at radius 1 is 1.10 bits per heavy atom. The van der Waals surface area contributed by atoms with Crippen molar-refractivity contribution in [1.29, 1.82) is 0 Å². The minimum atomic E-state index is -4.27. The standard InChI is InChI=1S/C18H17F5N4O2/c19-13-2-1-11(5-14(13)20)9-29-15-6-16-26-4-3-25(10-18(21,22)23)7-12(26)8-27(16)17(28)24-15/h1-2,5-6,12H,3-4,7-10H2. The highest BCUT2D eigenvalue weighted by molar-refractivity contribution is 5.47. The fraction of sp³-hybridized carbons (Fsp3) is 0.444. The molecule has 0 bridgehead atoms. The van der Waals surface area contributed by atoms with Crippen molar-refractivity contribution in [1.82, 2.24) is 14.5 Å². The molecule has 2 aliphatic rings. The van der Waals surface area contributed by atoms with E-state index in [0.717, 1.165) is 12.1 Å². The highest BCUT2D eigenvalue weighted by Crippen LogP contribution is 2.30. The highest BCUT2D eigenvalue weighted by atomic mass is 19.4. The van der Waals surface area contributed by atoms with E-state index >= 15 is 0 Å². The van der Waals surface area contributed by atoms with Crippen molar-refractivity contribution in [2.75, 3.05) is 31.1 Å². The smallest absolute Gasteiger partial charge is 0.401 e. The van der Waals surface area contributed by atoms with Gasteiger partial charge in [-0.3, -0.25) is 9.47 Å². The van der Waals surface area contributed by atoms with E-state index < -0.39 is 30.0 Å². The molecule has 29 heavy (non-hydrogen) atoms. The third kappa shape index (κ3) is 4.19. The van der Waals surface area contributed by atoms with Crippen LogP contribution in [0.3, 0.4) is 0 Å². The Labute approximate surface area is 162 Å². The van der Waals surface area contributed by atoms with Crippen molar-refractivity contribution in [3.63, 3.8) is 0 Å². The van der Waals surface area contributed by atoms with E-state index in [-0.39, 0.29) is 38.2 Å². The van der Waals surface area contributed by atoms with E-state index in [4.69, 9.17) is 4.74 Å². The Morgan fingerprint density at radius 2 is 1.90 bits per heavy atom. The molecule has 1 fully saturated rings. The maximum absolute atomic E-state index is 13.3. The number of fused-ring (bicyclic) bond motifs is 3. The number of hydrogen-bond donors (Lipinski definition) is 0. The molecule has 4 rings (SSSR count). The van der Waals surface area contributed by atoms with Crippen molar-refractivity contribution in [3.8, 4) is 5.88 Å². The van der Waals surface area contributed by atoms with Gasteiger partial charge in [-0.1, -0.05) is 6.07 Å². The van der Waals surface area contributed by atoms with Crippen LogP contribution in [0.4, 0.5) is 27.8 Å². The summed E-state index contributed by atoms with van der Waals surface area (Å²) in [6, 6.07) is 4.60. The van der Waals surface area contributed by atoms with Gasteiger partial charge in [0.1, 0.15) is 12.4 Å². The van der Waals surface area contributed by atoms with Gasteiger partial charge in [-0.15, -0.1) is 0 Å². The molecule has 1 aromatic carbocycles. The molecule has 1 atom stereocenters. The van der Waals surface area contributed by atoms with Crippen LogP contribution < -0.4 is 15.3 Å². The lowest BCUT2D eigenvalue weighted by atomic mass is 10.2. The summed E-state index contributed by atoms with van der Waals surface area (Å²) in [6.45, 7) is -0.103. The summed E-state index contributed by atoms with van der Waals surface area (Å²) in [7, 11) is 0. The normalized spacial score (nSPS) is 19.2. The van der Waals surface area contributed by atoms with Crippen LogP contribution in [0.1, 0.15) is 5.56 Å². The van der Waals surface area contributed by atoms with Crippen molar-refractivity contribution in [3.05, 3.63) is 51.9 Å². The van der Waals surface area contributed by atoms with E-state index in [1.807, 2.05) is 4.90 Å². The second kappa shape index (κ2) is 7.29. The van der Waals surface area contributed by atoms with Crippen LogP contribution >= 0.6 is 0 Å². The zero-order valence-corrected chi connectivity index (χ0v) is 15.1. The first-order valence-corrected chi connectivity index (χ1v) is 8.94. The molecule has 0 N–H and O–H groups in total. The maximum Gasteiger partial charge on any atom is 0.401 e. The topological polar surface area (TPSA) is 50.6 Å². The van der Waals surface area contributed by atoms with Gasteiger partial charge in [-0.2, -0.15) is 18.2 Å². The van der Waals surface area contributed by atoms with Gasteiger partial charge in [0.05, 0.1) is 19.1 Å². The number of ether oxygens (including phenoxy) is 1. The number of aromatic nitrogens is 2. The minimum absolute atomic E-state index is 0.0179. The second-order valence-corrected chi connectivity index (χ2v) is 7.08. The average Bonchev–Trinajstić information content (AvgIpc) is 3.00. The molecule has 11 heteroatoms. The van der Waals surface area contributed by atoms with Crippen molar-refractivity contribution < 1.29 is 26.7 Å². The number of alkyl halides is 3. The van der Waals surface area contributed by atoms with Crippen LogP contribution in [0.2, 0.25) is 0 Å². The maximum atomic E-state index is 13.3. The number of benzene rings is 1. The largest absolute Gasteiger partial charge is 0.473 e. The number of halogens is 5. The van der Waals surface area contributed by atoms with Gasteiger partial charge in [0.25, 0.3) is 0 Å². The zero-order valence-electron chi connectivity index (χ0n) is 15.1. The number of nitrogens with zero attached hydrogens (tertiary/aromatic N) is 4. The molecule has 0 saturated carbocycles. The van der Waals surface area contributed by atoms with Crippen LogP contribution in [0.5, 0.6) is 5.88 Å². The van der Waals surface area contributed by atoms with E-state index in [0.29, 0.717) is 17.9 Å². The van der Waals surface area contributed by atoms with Crippen molar-refractivity contribution in [2.45, 2.75) is 25.4 Å². The van der Waals surface area contributed by atoms with Gasteiger partial charge in [0.15, 0.2) is 11.6 Å². The summed E-state index contributed by atoms with van der Waals surface area (Å²) < 4.78 is 71.1. The van der Waals surface area contributed by atoms with Crippen LogP contribution in [0, 0.1) is 11.6 Å². The summed E-state index contributed by atoms with van der Waals surface area (Å²) >= 11 is 0. The van der Waals surface area contributed by atoms with Gasteiger partial charge in [-0.05, 0) is 17.7 Å². The van der Waals surface area contributed by atoms with Crippen LogP contribution in [0.15, 0.2) is 29.1 Å². The van der Waals surface area contributed by atoms with Crippen molar-refractivity contribution >= 4 is 5.82 Å². The van der Waals surface area contributed by atoms with Crippen LogP contribution in [0.25, 0.3) is 0 Å². The summed E-state index contributed by atoms with van der Waals surface area (Å²) in [5, 5.41) is 0. The summed E-state index contributed by atoms with van der Waals surface area (Å²) in [4.78, 5) is 19.4. The second-order valence-electron chi connectivity index (χ2n) is 7.08. The molecule has 2 aliphatic heterocycles. The van der Waals surface area contributed by atoms with Crippen molar-refractivity contribution in [2.24, 2.45) is 0 Å². The molecule has 0 radical (unpaired) electrons. The Balaban J connectivity index is 1.48. The fourth-order valence-corrected chi connectivity index (χ4v) is 3.73. The average molecular weight is 416 g/mol. The molecular weight excluding hydrogens is 399 g/mol. The highest BCUT2D eigenvalue weighted by Gasteiger charge is 2.39. The molecule has 2 aromatic rings. The predicted octanol–water partition coefficient (Wildman–Crippen LogP) is 2.17. The first kappa shape index (κ1) is 19.6. The van der Waals surface area contributed by atoms with Gasteiger partial charge < -0.3 is 9.64 Å². The molecule has 3 heterocycles. The lowest BCUT2D eigenvalue weighted by molar-refractivity contribution is -0.147. The van der Waals surface area contributed by atoms with Gasteiger partial charge >= 0.3 is 11.9 Å². The molecule has 1 saturated heterocycles. The predicted molar refractivity (Wildman–Crippen MR) is 92.8 cm³/mol. The lowest BCUT2D eigenvalue weighted by Gasteiger charge is -2.38. The van der Waals surface area contributed by atoms with Gasteiger partial charge in [0.2, 0.25) is 5.88 Å². The molecule has 0 aliphatic carbocycles. The lowest BCUT2D eigenvalue weighted by Crippen LogP contribution is -2.53. The zero-order chi connectivity index (χ0) is 20.8. The minimum Gasteiger partial charge on any atom is -0.473 e. The number of hydrogen-bond acceptors (Lipinski definition) is 5. The third-order valence-electron chi connectivity index (χ3n) is 4.99. The fourth-order valence-electron chi connectivity index (χ4n) is 3.73. The Hall–Kier alpha value is -2.69. The molecule has 1 aromatic heterocycles. The molecule has 0 amide bonds. The number of rotatable bonds is 4. The molecule has 0 spiro atoms. The van der Waals surface area contributed by atoms with E-state index in [9.17, 15) is 26.7 Å². The molecule has 1 unspecified atom stereocenters. The van der Waals surface area contributed by atoms with E-state index in [1.54, 1.807) is 6.07 Å². The van der Waals surface area contributed by atoms with E-state index in [1.165, 1.54) is 15.5 Å². The summed E-state index contributed by atoms with van der Waals surface area (Å²) in [6.07, 6.45) is -4.27. The summed E-state index contributed by atoms with van der Waals surface area (Å²) in [5.74, 6) is -1.43. The van der Waals surface area contributed by atoms with Gasteiger partial charge in [0, 0.05) is 25.7 Å². The first-order chi connectivity index (χ1) is 13.7. The molecular formula is C18H17F5N4O2. The van der Waals surface area contributed by atoms with E-state index in [2.05, 4.69) is 4.98 Å².